The van der Waals surface area contributed by atoms with Crippen molar-refractivity contribution >= 4 is 28.9 Å². The predicted octanol–water partition coefficient (Wildman–Crippen LogP) is 2.97. The van der Waals surface area contributed by atoms with E-state index in [1.165, 1.54) is 0 Å². The van der Waals surface area contributed by atoms with Crippen LogP contribution in [0.15, 0.2) is 17.3 Å². The number of nitrogens with zero attached hydrogens (tertiary/aromatic N) is 2. The zero-order chi connectivity index (χ0) is 9.26. The minimum absolute atomic E-state index is 0.351. The van der Waals surface area contributed by atoms with Crippen LogP contribution in [0.5, 0.6) is 0 Å². The highest BCUT2D eigenvalue weighted by molar-refractivity contribution is 6.41. The highest BCUT2D eigenvalue weighted by Gasteiger charge is 2.10. The molecule has 0 amide bonds. The second-order valence-electron chi connectivity index (χ2n) is 2.93. The molecule has 1 aromatic rings. The molecular weight excluding hydrogens is 207 g/mol. The van der Waals surface area contributed by atoms with E-state index in [-0.39, 0.29) is 0 Å². The second-order valence-corrected chi connectivity index (χ2v) is 3.69. The molecule has 2 heterocycles. The van der Waals surface area contributed by atoms with E-state index in [1.54, 1.807) is 6.20 Å². The molecule has 4 heteroatoms. The summed E-state index contributed by atoms with van der Waals surface area (Å²) in [6, 6.07) is 1.82. The van der Waals surface area contributed by atoms with Crippen molar-refractivity contribution in [2.45, 2.75) is 12.8 Å². The fraction of sp³-hybridized carbons (Fsp3) is 0.333. The molecule has 2 nitrogen and oxygen atoms in total. The highest BCUT2D eigenvalue weighted by Crippen LogP contribution is 2.22. The van der Waals surface area contributed by atoms with Crippen LogP contribution in [-0.4, -0.2) is 17.2 Å². The van der Waals surface area contributed by atoms with Crippen molar-refractivity contribution in [1.29, 1.82) is 0 Å². The van der Waals surface area contributed by atoms with Crippen LogP contribution in [-0.2, 0) is 0 Å². The maximum absolute atomic E-state index is 5.84. The first kappa shape index (κ1) is 8.97. The van der Waals surface area contributed by atoms with Crippen LogP contribution in [0.1, 0.15) is 18.4 Å². The van der Waals surface area contributed by atoms with Gasteiger partial charge >= 0.3 is 0 Å². The van der Waals surface area contributed by atoms with Gasteiger partial charge in [-0.25, -0.2) is 4.98 Å². The predicted molar refractivity (Wildman–Crippen MR) is 54.9 cm³/mol. The van der Waals surface area contributed by atoms with Gasteiger partial charge in [0.2, 0.25) is 0 Å². The smallest absolute Gasteiger partial charge is 0.147 e. The van der Waals surface area contributed by atoms with Crippen LogP contribution in [0.25, 0.3) is 0 Å². The van der Waals surface area contributed by atoms with Gasteiger partial charge in [0, 0.05) is 24.0 Å². The number of halogens is 2. The van der Waals surface area contributed by atoms with E-state index in [4.69, 9.17) is 23.2 Å². The first-order valence-corrected chi connectivity index (χ1v) is 4.88. The molecule has 0 fully saturated rings. The lowest BCUT2D eigenvalue weighted by atomic mass is 10.1. The minimum Gasteiger partial charge on any atom is -0.289 e. The van der Waals surface area contributed by atoms with E-state index < -0.39 is 0 Å². The van der Waals surface area contributed by atoms with Gasteiger partial charge in [0.05, 0.1) is 5.02 Å². The van der Waals surface area contributed by atoms with E-state index in [9.17, 15) is 0 Å². The summed E-state index contributed by atoms with van der Waals surface area (Å²) in [7, 11) is 0. The number of aromatic nitrogens is 1. The molecular formula is C9H8Cl2N2. The van der Waals surface area contributed by atoms with Gasteiger partial charge in [-0.05, 0) is 18.9 Å². The van der Waals surface area contributed by atoms with Crippen molar-refractivity contribution in [2.24, 2.45) is 4.99 Å². The van der Waals surface area contributed by atoms with Gasteiger partial charge in [0.25, 0.3) is 0 Å². The third-order valence-electron chi connectivity index (χ3n) is 2.00. The van der Waals surface area contributed by atoms with Crippen LogP contribution < -0.4 is 0 Å². The second kappa shape index (κ2) is 3.64. The molecule has 1 aromatic heterocycles. The number of aliphatic imine (C=N–C) groups is 1. The Morgan fingerprint density at radius 2 is 2.15 bits per heavy atom. The summed E-state index contributed by atoms with van der Waals surface area (Å²) < 4.78 is 0. The molecule has 0 aromatic carbocycles. The fourth-order valence-corrected chi connectivity index (χ4v) is 1.62. The number of hydrogen-bond donors (Lipinski definition) is 0. The molecule has 0 saturated carbocycles. The molecule has 68 valence electrons. The molecule has 1 aliphatic rings. The SMILES string of the molecule is Clc1cc(C2=NCCC2)cnc1Cl. The molecule has 0 unspecified atom stereocenters. The normalized spacial score (nSPS) is 16.0. The van der Waals surface area contributed by atoms with Gasteiger partial charge in [-0.2, -0.15) is 0 Å². The molecule has 0 bridgehead atoms. The Kier molecular flexibility index (Phi) is 2.51. The summed E-state index contributed by atoms with van der Waals surface area (Å²) >= 11 is 11.5. The van der Waals surface area contributed by atoms with E-state index in [1.807, 2.05) is 6.07 Å². The number of hydrogen-bond acceptors (Lipinski definition) is 2. The highest BCUT2D eigenvalue weighted by atomic mass is 35.5. The molecule has 0 N–H and O–H groups in total. The molecule has 2 rings (SSSR count). The van der Waals surface area contributed by atoms with Crippen LogP contribution >= 0.6 is 23.2 Å². The zero-order valence-corrected chi connectivity index (χ0v) is 8.44. The van der Waals surface area contributed by atoms with E-state index in [2.05, 4.69) is 9.98 Å². The fourth-order valence-electron chi connectivity index (χ4n) is 1.35. The summed E-state index contributed by atoms with van der Waals surface area (Å²) in [4.78, 5) is 8.33. The van der Waals surface area contributed by atoms with Gasteiger partial charge < -0.3 is 0 Å². The Labute approximate surface area is 86.6 Å². The van der Waals surface area contributed by atoms with Gasteiger partial charge in [0.1, 0.15) is 5.15 Å². The summed E-state index contributed by atoms with van der Waals surface area (Å²) in [6.07, 6.45) is 3.85. The molecule has 1 aliphatic heterocycles. The van der Waals surface area contributed by atoms with Crippen molar-refractivity contribution in [3.63, 3.8) is 0 Å². The van der Waals surface area contributed by atoms with Gasteiger partial charge in [-0.15, -0.1) is 0 Å². The molecule has 0 radical (unpaired) electrons. The van der Waals surface area contributed by atoms with Crippen molar-refractivity contribution in [3.8, 4) is 0 Å². The third kappa shape index (κ3) is 1.84. The Balaban J connectivity index is 2.36. The quantitative estimate of drug-likeness (QED) is 0.661. The van der Waals surface area contributed by atoms with Crippen molar-refractivity contribution in [1.82, 2.24) is 4.98 Å². The van der Waals surface area contributed by atoms with Crippen LogP contribution in [0.4, 0.5) is 0 Å². The maximum atomic E-state index is 5.84. The standard InChI is InChI=1S/C9H8Cl2N2/c10-7-4-6(5-13-9(7)11)8-2-1-3-12-8/h4-5H,1-3H2. The van der Waals surface area contributed by atoms with Gasteiger partial charge in [0.15, 0.2) is 0 Å². The maximum Gasteiger partial charge on any atom is 0.147 e. The molecule has 13 heavy (non-hydrogen) atoms. The van der Waals surface area contributed by atoms with Crippen molar-refractivity contribution in [3.05, 3.63) is 28.0 Å². The summed E-state index contributed by atoms with van der Waals surface area (Å²) in [6.45, 7) is 0.912. The first-order valence-electron chi connectivity index (χ1n) is 4.12. The largest absolute Gasteiger partial charge is 0.289 e. The van der Waals surface area contributed by atoms with E-state index >= 15 is 0 Å². The third-order valence-corrected chi connectivity index (χ3v) is 2.69. The Bertz CT molecular complexity index is 361. The lowest BCUT2D eigenvalue weighted by Gasteiger charge is -2.00. The Hall–Kier alpha value is -0.600. The first-order chi connectivity index (χ1) is 6.27. The Morgan fingerprint density at radius 3 is 2.77 bits per heavy atom. The molecule has 0 atom stereocenters. The van der Waals surface area contributed by atoms with Crippen molar-refractivity contribution in [2.75, 3.05) is 6.54 Å². The number of pyridine rings is 1. The minimum atomic E-state index is 0.351. The van der Waals surface area contributed by atoms with Crippen LogP contribution in [0.3, 0.4) is 0 Å². The topological polar surface area (TPSA) is 25.2 Å². The van der Waals surface area contributed by atoms with Crippen LogP contribution in [0, 0.1) is 0 Å². The molecule has 0 spiro atoms. The van der Waals surface area contributed by atoms with Gasteiger partial charge in [-0.1, -0.05) is 23.2 Å². The zero-order valence-electron chi connectivity index (χ0n) is 6.93. The summed E-state index contributed by atoms with van der Waals surface area (Å²) in [5.74, 6) is 0. The average Bonchev–Trinajstić information content (AvgIpc) is 2.62. The van der Waals surface area contributed by atoms with Gasteiger partial charge in [-0.3, -0.25) is 4.99 Å². The van der Waals surface area contributed by atoms with E-state index in [0.29, 0.717) is 10.2 Å². The summed E-state index contributed by atoms with van der Waals surface area (Å²) in [5.41, 5.74) is 2.08. The lowest BCUT2D eigenvalue weighted by molar-refractivity contribution is 0.951. The number of rotatable bonds is 1. The van der Waals surface area contributed by atoms with Crippen LogP contribution in [0.2, 0.25) is 10.2 Å². The monoisotopic (exact) mass is 214 g/mol. The average molecular weight is 215 g/mol. The molecule has 0 aliphatic carbocycles. The van der Waals surface area contributed by atoms with E-state index in [0.717, 1.165) is 30.7 Å². The Morgan fingerprint density at radius 1 is 1.31 bits per heavy atom. The summed E-state index contributed by atoms with van der Waals surface area (Å²) in [5, 5.41) is 0.845. The van der Waals surface area contributed by atoms with Crippen molar-refractivity contribution < 1.29 is 0 Å². The lowest BCUT2D eigenvalue weighted by Crippen LogP contribution is -1.96. The molecule has 0 saturated heterocycles.